The van der Waals surface area contributed by atoms with Gasteiger partial charge in [-0.15, -0.1) is 0 Å². The van der Waals surface area contributed by atoms with Crippen molar-refractivity contribution in [2.45, 2.75) is 19.8 Å². The van der Waals surface area contributed by atoms with Crippen LogP contribution in [-0.4, -0.2) is 18.1 Å². The van der Waals surface area contributed by atoms with E-state index in [-0.39, 0.29) is 10.9 Å². The number of pyridine rings is 1. The first-order valence-electron chi connectivity index (χ1n) is 8.41. The minimum atomic E-state index is -0.838. The first-order chi connectivity index (χ1) is 12.0. The molecule has 3 aromatic rings. The molecule has 128 valence electrons. The van der Waals surface area contributed by atoms with Crippen molar-refractivity contribution in [3.63, 3.8) is 0 Å². The molecule has 4 rings (SSSR count). The van der Waals surface area contributed by atoms with Crippen LogP contribution >= 0.6 is 0 Å². The average molecular weight is 340 g/mol. The highest BCUT2D eigenvalue weighted by atomic mass is 19.1. The zero-order chi connectivity index (χ0) is 17.6. The quantitative estimate of drug-likeness (QED) is 0.751. The van der Waals surface area contributed by atoms with Crippen LogP contribution in [0.3, 0.4) is 0 Å². The topological polar surface area (TPSA) is 36.1 Å². The number of aromatic amines is 1. The van der Waals surface area contributed by atoms with Gasteiger partial charge >= 0.3 is 0 Å². The largest absolute Gasteiger partial charge is 0.372 e. The second-order valence-corrected chi connectivity index (χ2v) is 6.51. The van der Waals surface area contributed by atoms with Crippen molar-refractivity contribution in [2.24, 2.45) is 0 Å². The van der Waals surface area contributed by atoms with Crippen LogP contribution in [-0.2, 0) is 0 Å². The van der Waals surface area contributed by atoms with Gasteiger partial charge in [0.25, 0.3) is 0 Å². The van der Waals surface area contributed by atoms with Crippen LogP contribution in [0.2, 0.25) is 0 Å². The van der Waals surface area contributed by atoms with E-state index in [9.17, 15) is 13.6 Å². The van der Waals surface area contributed by atoms with Gasteiger partial charge in [-0.1, -0.05) is 12.1 Å². The molecule has 0 amide bonds. The molecule has 1 fully saturated rings. The Hall–Kier alpha value is -2.69. The Kier molecular flexibility index (Phi) is 3.79. The van der Waals surface area contributed by atoms with Gasteiger partial charge in [0.15, 0.2) is 5.43 Å². The summed E-state index contributed by atoms with van der Waals surface area (Å²) in [5.74, 6) is -1.55. The van der Waals surface area contributed by atoms with Crippen molar-refractivity contribution in [1.82, 2.24) is 4.98 Å². The molecule has 1 aromatic heterocycles. The standard InChI is InChI=1S/C20H18F2N2O/c1-12-19(13-4-6-15(7-5-13)24-8-2-3-9-24)23-17-11-14(21)10-16(22)18(17)20(12)25/h4-7,10-11H,2-3,8-9H2,1H3,(H,23,25). The van der Waals surface area contributed by atoms with Crippen LogP contribution in [0.4, 0.5) is 14.5 Å². The summed E-state index contributed by atoms with van der Waals surface area (Å²) >= 11 is 0. The van der Waals surface area contributed by atoms with E-state index in [0.29, 0.717) is 11.3 Å². The van der Waals surface area contributed by atoms with E-state index < -0.39 is 17.1 Å². The molecule has 1 aliphatic rings. The predicted octanol–water partition coefficient (Wildman–Crippen LogP) is 4.38. The predicted molar refractivity (Wildman–Crippen MR) is 96.1 cm³/mol. The van der Waals surface area contributed by atoms with Crippen molar-refractivity contribution >= 4 is 16.6 Å². The highest BCUT2D eigenvalue weighted by Gasteiger charge is 2.16. The first kappa shape index (κ1) is 15.8. The Morgan fingerprint density at radius 1 is 1.04 bits per heavy atom. The molecule has 1 saturated heterocycles. The summed E-state index contributed by atoms with van der Waals surface area (Å²) in [5, 5.41) is -0.101. The first-order valence-corrected chi connectivity index (χ1v) is 8.41. The molecule has 1 aliphatic heterocycles. The number of benzene rings is 2. The molecule has 0 bridgehead atoms. The summed E-state index contributed by atoms with van der Waals surface area (Å²) in [5.41, 5.74) is 2.75. The Labute approximate surface area is 143 Å². The second-order valence-electron chi connectivity index (χ2n) is 6.51. The van der Waals surface area contributed by atoms with Crippen LogP contribution in [0.1, 0.15) is 18.4 Å². The summed E-state index contributed by atoms with van der Waals surface area (Å²) < 4.78 is 27.5. The molecule has 1 N–H and O–H groups in total. The van der Waals surface area contributed by atoms with Gasteiger partial charge in [-0.2, -0.15) is 0 Å². The molecule has 0 saturated carbocycles. The SMILES string of the molecule is Cc1c(-c2ccc(N3CCCC3)cc2)[nH]c2cc(F)cc(F)c2c1=O. The lowest BCUT2D eigenvalue weighted by Gasteiger charge is -2.18. The maximum absolute atomic E-state index is 14.0. The summed E-state index contributed by atoms with van der Waals surface area (Å²) in [7, 11) is 0. The average Bonchev–Trinajstić information content (AvgIpc) is 3.12. The number of hydrogen-bond donors (Lipinski definition) is 1. The number of nitrogens with one attached hydrogen (secondary N) is 1. The van der Waals surface area contributed by atoms with Crippen LogP contribution in [0.25, 0.3) is 22.2 Å². The van der Waals surface area contributed by atoms with E-state index in [0.717, 1.165) is 36.5 Å². The third-order valence-electron chi connectivity index (χ3n) is 4.88. The molecular formula is C20H18F2N2O. The van der Waals surface area contributed by atoms with E-state index in [2.05, 4.69) is 9.88 Å². The van der Waals surface area contributed by atoms with Crippen molar-refractivity contribution in [2.75, 3.05) is 18.0 Å². The van der Waals surface area contributed by atoms with Gasteiger partial charge in [0.2, 0.25) is 0 Å². The van der Waals surface area contributed by atoms with Gasteiger partial charge in [0.05, 0.1) is 16.6 Å². The summed E-state index contributed by atoms with van der Waals surface area (Å²) in [6.45, 7) is 3.78. The maximum Gasteiger partial charge on any atom is 0.195 e. The normalized spacial score (nSPS) is 14.4. The zero-order valence-electron chi connectivity index (χ0n) is 13.9. The number of fused-ring (bicyclic) bond motifs is 1. The highest BCUT2D eigenvalue weighted by Crippen LogP contribution is 2.27. The summed E-state index contributed by atoms with van der Waals surface area (Å²) in [6, 6.07) is 9.81. The fraction of sp³-hybridized carbons (Fsp3) is 0.250. The molecule has 0 atom stereocenters. The molecule has 0 radical (unpaired) electrons. The number of anilines is 1. The Balaban J connectivity index is 1.83. The Morgan fingerprint density at radius 2 is 1.72 bits per heavy atom. The van der Waals surface area contributed by atoms with Crippen LogP contribution in [0.15, 0.2) is 41.2 Å². The summed E-state index contributed by atoms with van der Waals surface area (Å²) in [6.07, 6.45) is 2.41. The van der Waals surface area contributed by atoms with Gasteiger partial charge in [0, 0.05) is 30.4 Å². The van der Waals surface area contributed by atoms with Crippen LogP contribution < -0.4 is 10.3 Å². The molecule has 25 heavy (non-hydrogen) atoms. The number of halogens is 2. The van der Waals surface area contributed by atoms with E-state index in [4.69, 9.17) is 0 Å². The number of hydrogen-bond acceptors (Lipinski definition) is 2. The van der Waals surface area contributed by atoms with Crippen molar-refractivity contribution in [3.05, 3.63) is 63.8 Å². The van der Waals surface area contributed by atoms with E-state index in [1.54, 1.807) is 6.92 Å². The molecule has 2 aromatic carbocycles. The van der Waals surface area contributed by atoms with Gasteiger partial charge in [-0.3, -0.25) is 4.79 Å². The van der Waals surface area contributed by atoms with Crippen molar-refractivity contribution in [3.8, 4) is 11.3 Å². The van der Waals surface area contributed by atoms with E-state index in [1.807, 2.05) is 24.3 Å². The summed E-state index contributed by atoms with van der Waals surface area (Å²) in [4.78, 5) is 17.9. The third-order valence-corrected chi connectivity index (χ3v) is 4.88. The second kappa shape index (κ2) is 5.99. The minimum absolute atomic E-state index is 0.101. The molecular weight excluding hydrogens is 322 g/mol. The molecule has 5 heteroatoms. The van der Waals surface area contributed by atoms with Gasteiger partial charge < -0.3 is 9.88 Å². The Bertz CT molecular complexity index is 1000. The zero-order valence-corrected chi connectivity index (χ0v) is 13.9. The molecule has 0 unspecified atom stereocenters. The smallest absolute Gasteiger partial charge is 0.195 e. The lowest BCUT2D eigenvalue weighted by atomic mass is 10.0. The Morgan fingerprint density at radius 3 is 2.40 bits per heavy atom. The van der Waals surface area contributed by atoms with Crippen molar-refractivity contribution < 1.29 is 8.78 Å². The van der Waals surface area contributed by atoms with E-state index in [1.165, 1.54) is 12.8 Å². The fourth-order valence-corrected chi connectivity index (χ4v) is 3.54. The third kappa shape index (κ3) is 2.69. The van der Waals surface area contributed by atoms with E-state index >= 15 is 0 Å². The van der Waals surface area contributed by atoms with Gasteiger partial charge in [-0.25, -0.2) is 8.78 Å². The van der Waals surface area contributed by atoms with Crippen LogP contribution in [0, 0.1) is 18.6 Å². The van der Waals surface area contributed by atoms with Gasteiger partial charge in [0.1, 0.15) is 11.6 Å². The molecule has 2 heterocycles. The minimum Gasteiger partial charge on any atom is -0.372 e. The number of nitrogens with zero attached hydrogens (tertiary/aromatic N) is 1. The molecule has 0 spiro atoms. The van der Waals surface area contributed by atoms with Crippen LogP contribution in [0.5, 0.6) is 0 Å². The lowest BCUT2D eigenvalue weighted by molar-refractivity contribution is 0.591. The fourth-order valence-electron chi connectivity index (χ4n) is 3.54. The highest BCUT2D eigenvalue weighted by molar-refractivity contribution is 5.84. The molecule has 3 nitrogen and oxygen atoms in total. The number of rotatable bonds is 2. The molecule has 0 aliphatic carbocycles. The monoisotopic (exact) mass is 340 g/mol. The lowest BCUT2D eigenvalue weighted by Crippen LogP contribution is -2.17. The van der Waals surface area contributed by atoms with Gasteiger partial charge in [-0.05, 0) is 43.5 Å². The number of aromatic nitrogens is 1. The number of H-pyrrole nitrogens is 1. The van der Waals surface area contributed by atoms with Crippen molar-refractivity contribution in [1.29, 1.82) is 0 Å². The maximum atomic E-state index is 14.0.